The van der Waals surface area contributed by atoms with Gasteiger partial charge in [0, 0.05) is 5.25 Å². The first-order chi connectivity index (χ1) is 10.3. The van der Waals surface area contributed by atoms with Gasteiger partial charge in [0.1, 0.15) is 0 Å². The van der Waals surface area contributed by atoms with E-state index >= 15 is 0 Å². The van der Waals surface area contributed by atoms with Crippen LogP contribution in [0.1, 0.15) is 38.2 Å². The van der Waals surface area contributed by atoms with E-state index in [1.54, 1.807) is 18.7 Å². The van der Waals surface area contributed by atoms with Crippen molar-refractivity contribution in [1.82, 2.24) is 0 Å². The SMILES string of the molecule is C[C@H](SC1CCCC1)C(=O)Nc1cc(C(F)(F)F)ccc1Cl. The fourth-order valence-corrected chi connectivity index (χ4v) is 3.94. The summed E-state index contributed by atoms with van der Waals surface area (Å²) < 4.78 is 38.1. The fourth-order valence-electron chi connectivity index (χ4n) is 2.41. The summed E-state index contributed by atoms with van der Waals surface area (Å²) in [6.45, 7) is 1.76. The largest absolute Gasteiger partial charge is 0.416 e. The molecular weight excluding hydrogens is 335 g/mol. The number of rotatable bonds is 4. The summed E-state index contributed by atoms with van der Waals surface area (Å²) in [5.74, 6) is -0.321. The molecule has 0 aliphatic heterocycles. The molecule has 0 unspecified atom stereocenters. The third kappa shape index (κ3) is 4.56. The molecular formula is C15H17ClF3NOS. The molecule has 1 saturated carbocycles. The Morgan fingerprint density at radius 1 is 1.36 bits per heavy atom. The Morgan fingerprint density at radius 3 is 2.59 bits per heavy atom. The van der Waals surface area contributed by atoms with E-state index in [1.807, 2.05) is 0 Å². The Morgan fingerprint density at radius 2 is 2.00 bits per heavy atom. The van der Waals surface area contributed by atoms with Gasteiger partial charge in [-0.3, -0.25) is 4.79 Å². The van der Waals surface area contributed by atoms with Crippen LogP contribution in [-0.2, 0) is 11.0 Å². The van der Waals surface area contributed by atoms with E-state index in [9.17, 15) is 18.0 Å². The number of carbonyl (C=O) groups excluding carboxylic acids is 1. The van der Waals surface area contributed by atoms with Crippen molar-refractivity contribution >= 4 is 35.0 Å². The van der Waals surface area contributed by atoms with Crippen molar-refractivity contribution in [2.45, 2.75) is 49.3 Å². The zero-order valence-electron chi connectivity index (χ0n) is 12.0. The van der Waals surface area contributed by atoms with Gasteiger partial charge in [-0.15, -0.1) is 11.8 Å². The van der Waals surface area contributed by atoms with Crippen molar-refractivity contribution in [3.05, 3.63) is 28.8 Å². The molecule has 2 nitrogen and oxygen atoms in total. The molecule has 1 aliphatic carbocycles. The molecule has 1 N–H and O–H groups in total. The van der Waals surface area contributed by atoms with E-state index in [0.29, 0.717) is 5.25 Å². The van der Waals surface area contributed by atoms with Gasteiger partial charge in [0.15, 0.2) is 0 Å². The van der Waals surface area contributed by atoms with Crippen molar-refractivity contribution in [2.75, 3.05) is 5.32 Å². The van der Waals surface area contributed by atoms with Crippen molar-refractivity contribution in [3.8, 4) is 0 Å². The molecule has 1 aromatic carbocycles. The van der Waals surface area contributed by atoms with Crippen molar-refractivity contribution in [1.29, 1.82) is 0 Å². The number of hydrogen-bond donors (Lipinski definition) is 1. The molecule has 1 fully saturated rings. The van der Waals surface area contributed by atoms with Gasteiger partial charge in [0.25, 0.3) is 0 Å². The summed E-state index contributed by atoms with van der Waals surface area (Å²) >= 11 is 7.45. The van der Waals surface area contributed by atoms with Crippen molar-refractivity contribution in [3.63, 3.8) is 0 Å². The summed E-state index contributed by atoms with van der Waals surface area (Å²) in [7, 11) is 0. The lowest BCUT2D eigenvalue weighted by Gasteiger charge is -2.17. The summed E-state index contributed by atoms with van der Waals surface area (Å²) in [4.78, 5) is 12.1. The van der Waals surface area contributed by atoms with Crippen LogP contribution >= 0.6 is 23.4 Å². The number of halogens is 4. The Bertz CT molecular complexity index is 544. The average Bonchev–Trinajstić information content (AvgIpc) is 2.92. The van der Waals surface area contributed by atoms with Gasteiger partial charge < -0.3 is 5.32 Å². The average molecular weight is 352 g/mol. The van der Waals surface area contributed by atoms with Crippen LogP contribution in [0, 0.1) is 0 Å². The molecule has 0 saturated heterocycles. The number of carbonyl (C=O) groups is 1. The quantitative estimate of drug-likeness (QED) is 0.791. The highest BCUT2D eigenvalue weighted by molar-refractivity contribution is 8.01. The van der Waals surface area contributed by atoms with E-state index in [-0.39, 0.29) is 21.9 Å². The maximum absolute atomic E-state index is 12.7. The molecule has 2 rings (SSSR count). The molecule has 7 heteroatoms. The normalized spacial score (nSPS) is 17.5. The summed E-state index contributed by atoms with van der Waals surface area (Å²) in [6.07, 6.45) is 0.0599. The topological polar surface area (TPSA) is 29.1 Å². The molecule has 1 atom stereocenters. The number of nitrogens with one attached hydrogen (secondary N) is 1. The standard InChI is InChI=1S/C15H17ClF3NOS/c1-9(22-11-4-2-3-5-11)14(21)20-13-8-10(15(17,18)19)6-7-12(13)16/h6-9,11H,2-5H2,1H3,(H,20,21)/t9-/m0/s1. The van der Waals surface area contributed by atoms with Gasteiger partial charge in [-0.1, -0.05) is 24.4 Å². The van der Waals surface area contributed by atoms with Crippen LogP contribution < -0.4 is 5.32 Å². The predicted molar refractivity (Wildman–Crippen MR) is 84.4 cm³/mol. The third-order valence-electron chi connectivity index (χ3n) is 3.62. The molecule has 0 aromatic heterocycles. The molecule has 0 bridgehead atoms. The first kappa shape index (κ1) is 17.5. The van der Waals surface area contributed by atoms with Gasteiger partial charge in [-0.2, -0.15) is 13.2 Å². The van der Waals surface area contributed by atoms with E-state index in [1.165, 1.54) is 12.8 Å². The number of anilines is 1. The number of hydrogen-bond acceptors (Lipinski definition) is 2. The zero-order chi connectivity index (χ0) is 16.3. The van der Waals surface area contributed by atoms with Crippen LogP contribution in [0.5, 0.6) is 0 Å². The smallest absolute Gasteiger partial charge is 0.324 e. The van der Waals surface area contributed by atoms with Gasteiger partial charge in [0.05, 0.1) is 21.5 Å². The Labute approximate surface area is 136 Å². The summed E-state index contributed by atoms with van der Waals surface area (Å²) in [5.41, 5.74) is -0.830. The second-order valence-corrected chi connectivity index (χ2v) is 7.42. The highest BCUT2D eigenvalue weighted by Gasteiger charge is 2.31. The number of amides is 1. The van der Waals surface area contributed by atoms with Gasteiger partial charge >= 0.3 is 6.18 Å². The fraction of sp³-hybridized carbons (Fsp3) is 0.533. The molecule has 0 spiro atoms. The highest BCUT2D eigenvalue weighted by atomic mass is 35.5. The molecule has 0 radical (unpaired) electrons. The Balaban J connectivity index is 2.03. The van der Waals surface area contributed by atoms with Gasteiger partial charge in [-0.25, -0.2) is 0 Å². The van der Waals surface area contributed by atoms with Crippen LogP contribution in [-0.4, -0.2) is 16.4 Å². The van der Waals surface area contributed by atoms with E-state index in [2.05, 4.69) is 5.32 Å². The van der Waals surface area contributed by atoms with E-state index < -0.39 is 11.7 Å². The first-order valence-corrected chi connectivity index (χ1v) is 8.42. The van der Waals surface area contributed by atoms with Gasteiger partial charge in [0.2, 0.25) is 5.91 Å². The van der Waals surface area contributed by atoms with Crippen molar-refractivity contribution < 1.29 is 18.0 Å². The van der Waals surface area contributed by atoms with Crippen LogP contribution in [0.4, 0.5) is 18.9 Å². The first-order valence-electron chi connectivity index (χ1n) is 7.10. The lowest BCUT2D eigenvalue weighted by atomic mass is 10.2. The van der Waals surface area contributed by atoms with Crippen LogP contribution in [0.2, 0.25) is 5.02 Å². The maximum Gasteiger partial charge on any atom is 0.416 e. The highest BCUT2D eigenvalue weighted by Crippen LogP contribution is 2.35. The van der Waals surface area contributed by atoms with Crippen LogP contribution in [0.15, 0.2) is 18.2 Å². The lowest BCUT2D eigenvalue weighted by molar-refractivity contribution is -0.137. The van der Waals surface area contributed by atoms with Crippen LogP contribution in [0.25, 0.3) is 0 Å². The van der Waals surface area contributed by atoms with Crippen LogP contribution in [0.3, 0.4) is 0 Å². The van der Waals surface area contributed by atoms with E-state index in [0.717, 1.165) is 31.0 Å². The second-order valence-electron chi connectivity index (χ2n) is 5.37. The summed E-state index contributed by atoms with van der Waals surface area (Å²) in [5, 5.41) is 2.73. The zero-order valence-corrected chi connectivity index (χ0v) is 13.6. The molecule has 0 heterocycles. The summed E-state index contributed by atoms with van der Waals surface area (Å²) in [6, 6.07) is 2.91. The third-order valence-corrected chi connectivity index (χ3v) is 5.43. The number of thioether (sulfide) groups is 1. The minimum Gasteiger partial charge on any atom is -0.324 e. The van der Waals surface area contributed by atoms with Gasteiger partial charge in [-0.05, 0) is 38.0 Å². The number of alkyl halides is 3. The minimum absolute atomic E-state index is 0.000337. The number of benzene rings is 1. The Kier molecular flexibility index (Phi) is 5.66. The monoisotopic (exact) mass is 351 g/mol. The lowest BCUT2D eigenvalue weighted by Crippen LogP contribution is -2.24. The van der Waals surface area contributed by atoms with E-state index in [4.69, 9.17) is 11.6 Å². The molecule has 122 valence electrons. The Hall–Kier alpha value is -0.880. The molecule has 1 aromatic rings. The molecule has 22 heavy (non-hydrogen) atoms. The minimum atomic E-state index is -4.46. The predicted octanol–water partition coefficient (Wildman–Crippen LogP) is 5.36. The second kappa shape index (κ2) is 7.13. The molecule has 1 aliphatic rings. The molecule has 1 amide bonds. The van der Waals surface area contributed by atoms with Crippen molar-refractivity contribution in [2.24, 2.45) is 0 Å². The maximum atomic E-state index is 12.7.